The third-order valence-electron chi connectivity index (χ3n) is 3.79. The van der Waals surface area contributed by atoms with Crippen LogP contribution >= 0.6 is 0 Å². The lowest BCUT2D eigenvalue weighted by atomic mass is 9.91. The third-order valence-corrected chi connectivity index (χ3v) is 3.79. The van der Waals surface area contributed by atoms with Gasteiger partial charge in [-0.15, -0.1) is 0 Å². The minimum absolute atomic E-state index is 0.185. The minimum atomic E-state index is -1.01. The van der Waals surface area contributed by atoms with Crippen molar-refractivity contribution in [1.82, 2.24) is 0 Å². The largest absolute Gasteiger partial charge is 0.513 e. The molecule has 1 unspecified atom stereocenters. The lowest BCUT2D eigenvalue weighted by molar-refractivity contribution is 0.0693. The van der Waals surface area contributed by atoms with E-state index in [-0.39, 0.29) is 18.1 Å². The van der Waals surface area contributed by atoms with Gasteiger partial charge in [0.15, 0.2) is 0 Å². The summed E-state index contributed by atoms with van der Waals surface area (Å²) in [5.41, 5.74) is 1.60. The van der Waals surface area contributed by atoms with Crippen LogP contribution in [0.15, 0.2) is 12.1 Å². The van der Waals surface area contributed by atoms with Gasteiger partial charge in [-0.1, -0.05) is 39.7 Å². The van der Waals surface area contributed by atoms with Crippen LogP contribution in [0, 0.1) is 5.92 Å². The molecular formula is C18H26O5. The molecule has 0 spiro atoms. The molecule has 128 valence electrons. The lowest BCUT2D eigenvalue weighted by Crippen LogP contribution is -2.16. The number of rotatable bonds is 8. The Morgan fingerprint density at radius 3 is 2.43 bits per heavy atom. The average molecular weight is 322 g/mol. The quantitative estimate of drug-likeness (QED) is 0.565. The highest BCUT2D eigenvalue weighted by Gasteiger charge is 2.22. The summed E-state index contributed by atoms with van der Waals surface area (Å²) in [5, 5.41) is 9.46. The molecule has 0 aromatic heterocycles. The molecule has 0 saturated heterocycles. The Hall–Kier alpha value is -2.04. The van der Waals surface area contributed by atoms with E-state index in [4.69, 9.17) is 9.47 Å². The molecule has 0 fully saturated rings. The molecule has 0 aliphatic rings. The summed E-state index contributed by atoms with van der Waals surface area (Å²) in [7, 11) is 0. The van der Waals surface area contributed by atoms with Gasteiger partial charge in [0.1, 0.15) is 5.75 Å². The van der Waals surface area contributed by atoms with Crippen molar-refractivity contribution in [3.05, 3.63) is 28.8 Å². The zero-order valence-corrected chi connectivity index (χ0v) is 14.3. The zero-order valence-electron chi connectivity index (χ0n) is 14.3. The van der Waals surface area contributed by atoms with E-state index >= 15 is 0 Å². The molecule has 0 radical (unpaired) electrons. The SMILES string of the molecule is CCCc1ccc(C(=O)O)c(CC(C)CC)c1OC(=O)OCC. The van der Waals surface area contributed by atoms with Crippen LogP contribution in [-0.4, -0.2) is 23.8 Å². The van der Waals surface area contributed by atoms with Crippen molar-refractivity contribution in [1.29, 1.82) is 0 Å². The van der Waals surface area contributed by atoms with Gasteiger partial charge in [0.25, 0.3) is 0 Å². The number of ether oxygens (including phenoxy) is 2. The molecule has 1 rings (SSSR count). The van der Waals surface area contributed by atoms with Crippen LogP contribution in [0.25, 0.3) is 0 Å². The molecule has 0 aliphatic carbocycles. The minimum Gasteiger partial charge on any atom is -0.478 e. The van der Waals surface area contributed by atoms with Crippen LogP contribution in [0.5, 0.6) is 5.75 Å². The number of carboxylic acids is 1. The first-order chi connectivity index (χ1) is 10.9. The Balaban J connectivity index is 3.38. The monoisotopic (exact) mass is 322 g/mol. The van der Waals surface area contributed by atoms with Gasteiger partial charge in [-0.3, -0.25) is 0 Å². The fourth-order valence-corrected chi connectivity index (χ4v) is 2.40. The van der Waals surface area contributed by atoms with E-state index in [0.29, 0.717) is 24.2 Å². The Morgan fingerprint density at radius 1 is 1.22 bits per heavy atom. The van der Waals surface area contributed by atoms with Crippen LogP contribution in [-0.2, 0) is 17.6 Å². The number of carbonyl (C=O) groups excluding carboxylic acids is 1. The second-order valence-electron chi connectivity index (χ2n) is 5.64. The first-order valence-electron chi connectivity index (χ1n) is 8.17. The van der Waals surface area contributed by atoms with Gasteiger partial charge in [0, 0.05) is 5.56 Å². The van der Waals surface area contributed by atoms with E-state index in [1.807, 2.05) is 20.8 Å². The van der Waals surface area contributed by atoms with Crippen LogP contribution in [0.4, 0.5) is 4.79 Å². The number of aryl methyl sites for hydroxylation is 1. The summed E-state index contributed by atoms with van der Waals surface area (Å²) in [6.45, 7) is 8.02. The summed E-state index contributed by atoms with van der Waals surface area (Å²) in [5.74, 6) is -0.375. The molecule has 5 nitrogen and oxygen atoms in total. The molecule has 23 heavy (non-hydrogen) atoms. The van der Waals surface area contributed by atoms with Crippen molar-refractivity contribution in [3.8, 4) is 5.75 Å². The van der Waals surface area contributed by atoms with Gasteiger partial charge >= 0.3 is 12.1 Å². The van der Waals surface area contributed by atoms with E-state index in [1.165, 1.54) is 0 Å². The van der Waals surface area contributed by atoms with Crippen LogP contribution in [0.1, 0.15) is 62.0 Å². The molecule has 1 N–H and O–H groups in total. The highest BCUT2D eigenvalue weighted by Crippen LogP contribution is 2.32. The average Bonchev–Trinajstić information content (AvgIpc) is 2.50. The van der Waals surface area contributed by atoms with Gasteiger partial charge in [0.2, 0.25) is 0 Å². The smallest absolute Gasteiger partial charge is 0.478 e. The van der Waals surface area contributed by atoms with E-state index < -0.39 is 12.1 Å². The zero-order chi connectivity index (χ0) is 17.4. The Labute approximate surface area is 137 Å². The number of benzene rings is 1. The second kappa shape index (κ2) is 9.18. The van der Waals surface area contributed by atoms with Crippen molar-refractivity contribution in [2.75, 3.05) is 6.61 Å². The van der Waals surface area contributed by atoms with Gasteiger partial charge in [0.05, 0.1) is 12.2 Å². The molecule has 0 saturated carbocycles. The summed E-state index contributed by atoms with van der Waals surface area (Å²) in [4.78, 5) is 23.3. The predicted molar refractivity (Wildman–Crippen MR) is 88.2 cm³/mol. The first kappa shape index (κ1) is 19.0. The van der Waals surface area contributed by atoms with Crippen molar-refractivity contribution >= 4 is 12.1 Å². The molecule has 0 amide bonds. The topological polar surface area (TPSA) is 72.8 Å². The molecule has 1 atom stereocenters. The van der Waals surface area contributed by atoms with E-state index in [0.717, 1.165) is 18.4 Å². The fourth-order valence-electron chi connectivity index (χ4n) is 2.40. The first-order valence-corrected chi connectivity index (χ1v) is 8.17. The molecule has 0 aliphatic heterocycles. The molecule has 5 heteroatoms. The second-order valence-corrected chi connectivity index (χ2v) is 5.64. The molecule has 1 aromatic carbocycles. The number of aromatic carboxylic acids is 1. The van der Waals surface area contributed by atoms with Gasteiger partial charge in [-0.25, -0.2) is 9.59 Å². The van der Waals surface area contributed by atoms with E-state index in [2.05, 4.69) is 0 Å². The van der Waals surface area contributed by atoms with Crippen molar-refractivity contribution in [2.24, 2.45) is 5.92 Å². The van der Waals surface area contributed by atoms with Crippen LogP contribution in [0.2, 0.25) is 0 Å². The lowest BCUT2D eigenvalue weighted by Gasteiger charge is -2.18. The van der Waals surface area contributed by atoms with Gasteiger partial charge in [-0.2, -0.15) is 0 Å². The highest BCUT2D eigenvalue weighted by molar-refractivity contribution is 5.91. The molecule has 0 bridgehead atoms. The van der Waals surface area contributed by atoms with Crippen LogP contribution in [0.3, 0.4) is 0 Å². The predicted octanol–water partition coefficient (Wildman–Crippen LogP) is 4.46. The summed E-state index contributed by atoms with van der Waals surface area (Å²) < 4.78 is 10.2. The number of carbonyl (C=O) groups is 2. The summed E-state index contributed by atoms with van der Waals surface area (Å²) in [6, 6.07) is 3.32. The molecule has 0 heterocycles. The molecule has 1 aromatic rings. The van der Waals surface area contributed by atoms with Crippen molar-refractivity contribution < 1.29 is 24.2 Å². The maximum atomic E-state index is 11.8. The maximum Gasteiger partial charge on any atom is 0.513 e. The normalized spacial score (nSPS) is 11.8. The van der Waals surface area contributed by atoms with Gasteiger partial charge < -0.3 is 14.6 Å². The summed E-state index contributed by atoms with van der Waals surface area (Å²) in [6.07, 6.45) is 2.24. The number of hydrogen-bond acceptors (Lipinski definition) is 4. The fraction of sp³-hybridized carbons (Fsp3) is 0.556. The van der Waals surface area contributed by atoms with E-state index in [1.54, 1.807) is 19.1 Å². The van der Waals surface area contributed by atoms with Gasteiger partial charge in [-0.05, 0) is 37.3 Å². The van der Waals surface area contributed by atoms with Crippen molar-refractivity contribution in [3.63, 3.8) is 0 Å². The standard InChI is InChI=1S/C18H26O5/c1-5-8-13-9-10-14(17(19)20)15(11-12(4)6-2)16(13)23-18(21)22-7-3/h9-10,12H,5-8,11H2,1-4H3,(H,19,20). The summed E-state index contributed by atoms with van der Waals surface area (Å²) >= 11 is 0. The highest BCUT2D eigenvalue weighted by atomic mass is 16.7. The van der Waals surface area contributed by atoms with Crippen LogP contribution < -0.4 is 4.74 Å². The Morgan fingerprint density at radius 2 is 1.91 bits per heavy atom. The number of carboxylic acid groups (broad SMARTS) is 1. The van der Waals surface area contributed by atoms with E-state index in [9.17, 15) is 14.7 Å². The maximum absolute atomic E-state index is 11.8. The Bertz CT molecular complexity index is 551. The molecular weight excluding hydrogens is 296 g/mol. The third kappa shape index (κ3) is 5.27. The number of hydrogen-bond donors (Lipinski definition) is 1. The Kier molecular flexibility index (Phi) is 7.59. The van der Waals surface area contributed by atoms with Crippen molar-refractivity contribution in [2.45, 2.75) is 53.4 Å².